The maximum absolute atomic E-state index is 12.8. The molecule has 0 radical (unpaired) electrons. The number of hydrogen-bond donors (Lipinski definition) is 0. The summed E-state index contributed by atoms with van der Waals surface area (Å²) >= 11 is 11.5. The van der Waals surface area contributed by atoms with Gasteiger partial charge in [0.05, 0.1) is 27.8 Å². The number of carbonyl (C=O) groups is 3. The highest BCUT2D eigenvalue weighted by molar-refractivity contribution is 6.32. The first-order valence-electron chi connectivity index (χ1n) is 14.7. The SMILES string of the molecule is CCOC(=O)C(C)OC(=O)c1cc(Oc2ccc(C(F)(F)F)cc2Cl)ccc1[N+](=O)[O-].Cc1cccc(C)c1N(Cn1cccn1)C(=O)CCl. The number of anilines is 1. The van der Waals surface area contributed by atoms with Crippen molar-refractivity contribution in [1.82, 2.24) is 9.78 Å². The van der Waals surface area contributed by atoms with E-state index in [1.54, 1.807) is 22.7 Å². The van der Waals surface area contributed by atoms with Crippen molar-refractivity contribution in [3.63, 3.8) is 0 Å². The molecule has 1 atom stereocenters. The Morgan fingerprint density at radius 1 is 1.06 bits per heavy atom. The lowest BCUT2D eigenvalue weighted by Crippen LogP contribution is -2.35. The van der Waals surface area contributed by atoms with E-state index in [4.69, 9.17) is 37.4 Å². The Morgan fingerprint density at radius 3 is 2.28 bits per heavy atom. The number of aromatic nitrogens is 2. The first kappa shape index (κ1) is 39.3. The molecule has 1 amide bonds. The maximum atomic E-state index is 12.8. The number of nitro groups is 1. The van der Waals surface area contributed by atoms with E-state index in [1.807, 2.05) is 44.3 Å². The van der Waals surface area contributed by atoms with Gasteiger partial charge in [0.25, 0.3) is 5.69 Å². The smallest absolute Gasteiger partial charge is 0.416 e. The molecule has 50 heavy (non-hydrogen) atoms. The fraction of sp³-hybridized carbons (Fsp3) is 0.273. The van der Waals surface area contributed by atoms with E-state index in [2.05, 4.69) is 5.10 Å². The van der Waals surface area contributed by atoms with Crippen molar-refractivity contribution in [1.29, 1.82) is 0 Å². The van der Waals surface area contributed by atoms with Gasteiger partial charge in [-0.2, -0.15) is 18.3 Å². The normalized spacial score (nSPS) is 11.5. The van der Waals surface area contributed by atoms with E-state index in [0.717, 1.165) is 47.1 Å². The summed E-state index contributed by atoms with van der Waals surface area (Å²) in [6.07, 6.45) is -2.43. The third-order valence-electron chi connectivity index (χ3n) is 6.74. The Labute approximate surface area is 294 Å². The molecule has 0 aliphatic carbocycles. The van der Waals surface area contributed by atoms with Crippen LogP contribution in [-0.4, -0.2) is 51.1 Å². The van der Waals surface area contributed by atoms with Gasteiger partial charge < -0.3 is 14.2 Å². The first-order chi connectivity index (χ1) is 23.6. The van der Waals surface area contributed by atoms with Gasteiger partial charge in [0.15, 0.2) is 6.10 Å². The molecule has 0 aliphatic heterocycles. The van der Waals surface area contributed by atoms with Crippen molar-refractivity contribution in [2.24, 2.45) is 0 Å². The molecule has 1 heterocycles. The van der Waals surface area contributed by atoms with Gasteiger partial charge in [-0.3, -0.25) is 24.5 Å². The molecule has 0 saturated heterocycles. The van der Waals surface area contributed by atoms with Gasteiger partial charge in [-0.15, -0.1) is 11.6 Å². The highest BCUT2D eigenvalue weighted by Crippen LogP contribution is 2.37. The Bertz CT molecular complexity index is 1820. The molecule has 1 aromatic heterocycles. The molecule has 12 nitrogen and oxygen atoms in total. The van der Waals surface area contributed by atoms with Crippen molar-refractivity contribution in [2.45, 2.75) is 46.6 Å². The van der Waals surface area contributed by atoms with Crippen LogP contribution in [0.3, 0.4) is 0 Å². The van der Waals surface area contributed by atoms with Gasteiger partial charge in [-0.1, -0.05) is 29.8 Å². The number of rotatable bonds is 11. The predicted molar refractivity (Wildman–Crippen MR) is 177 cm³/mol. The molecule has 0 aliphatic rings. The molecule has 0 fully saturated rings. The van der Waals surface area contributed by atoms with Crippen molar-refractivity contribution >= 4 is 52.4 Å². The number of halogens is 5. The van der Waals surface area contributed by atoms with Gasteiger partial charge in [-0.05, 0) is 69.2 Å². The minimum absolute atomic E-state index is 0.0398. The Kier molecular flexibility index (Phi) is 13.7. The van der Waals surface area contributed by atoms with Crippen LogP contribution in [-0.2, 0) is 31.9 Å². The van der Waals surface area contributed by atoms with Crippen molar-refractivity contribution in [2.75, 3.05) is 17.4 Å². The second-order valence-corrected chi connectivity index (χ2v) is 11.0. The summed E-state index contributed by atoms with van der Waals surface area (Å²) in [5.41, 5.74) is 0.833. The number of aryl methyl sites for hydroxylation is 2. The Hall–Kier alpha value is -5.15. The standard InChI is InChI=1S/C19H15ClF3NO7.C14H16ClN3O/c1-3-29-17(25)10(2)30-18(26)13-9-12(5-6-15(13)24(27)28)31-16-7-4-11(8-14(16)20)19(21,22)23;1-11-5-3-6-12(2)14(11)18(13(19)9-15)10-17-8-4-7-16-17/h4-10H,3H2,1-2H3;3-8H,9-10H2,1-2H3. The monoisotopic (exact) mass is 738 g/mol. The lowest BCUT2D eigenvalue weighted by atomic mass is 10.1. The van der Waals surface area contributed by atoms with Crippen LogP contribution >= 0.6 is 23.2 Å². The van der Waals surface area contributed by atoms with E-state index >= 15 is 0 Å². The number of benzene rings is 3. The molecule has 0 N–H and O–H groups in total. The second kappa shape index (κ2) is 17.5. The van der Waals surface area contributed by atoms with Crippen LogP contribution in [0.15, 0.2) is 73.1 Å². The maximum Gasteiger partial charge on any atom is 0.416 e. The fourth-order valence-electron chi connectivity index (χ4n) is 4.43. The molecule has 266 valence electrons. The van der Waals surface area contributed by atoms with Gasteiger partial charge in [0.2, 0.25) is 5.91 Å². The van der Waals surface area contributed by atoms with Crippen LogP contribution in [0, 0.1) is 24.0 Å². The molecule has 17 heteroatoms. The second-order valence-electron chi connectivity index (χ2n) is 10.4. The van der Waals surface area contributed by atoms with E-state index in [0.29, 0.717) is 12.7 Å². The number of alkyl halides is 4. The number of amides is 1. The van der Waals surface area contributed by atoms with Crippen molar-refractivity contribution < 1.29 is 46.7 Å². The third kappa shape index (κ3) is 10.4. The number of esters is 2. The Morgan fingerprint density at radius 2 is 1.74 bits per heavy atom. The molecule has 4 aromatic rings. The molecule has 4 rings (SSSR count). The van der Waals surface area contributed by atoms with Gasteiger partial charge in [-0.25, -0.2) is 9.59 Å². The van der Waals surface area contributed by atoms with E-state index in [1.165, 1.54) is 6.92 Å². The molecular weight excluding hydrogens is 708 g/mol. The third-order valence-corrected chi connectivity index (χ3v) is 7.27. The lowest BCUT2D eigenvalue weighted by molar-refractivity contribution is -0.385. The molecule has 1 unspecified atom stereocenters. The van der Waals surface area contributed by atoms with Gasteiger partial charge in [0, 0.05) is 24.5 Å². The van der Waals surface area contributed by atoms with Crippen molar-refractivity contribution in [3.05, 3.63) is 110 Å². The zero-order valence-electron chi connectivity index (χ0n) is 27.1. The summed E-state index contributed by atoms with van der Waals surface area (Å²) in [5.74, 6) is -2.53. The van der Waals surface area contributed by atoms with Crippen LogP contribution in [0.1, 0.15) is 40.9 Å². The topological polar surface area (TPSA) is 143 Å². The average Bonchev–Trinajstić information content (AvgIpc) is 3.58. The number of hydrogen-bond acceptors (Lipinski definition) is 9. The molecule has 3 aromatic carbocycles. The van der Waals surface area contributed by atoms with Crippen molar-refractivity contribution in [3.8, 4) is 11.5 Å². The number of nitro benzene ring substituents is 1. The van der Waals surface area contributed by atoms with Gasteiger partial charge >= 0.3 is 18.1 Å². The average molecular weight is 740 g/mol. The summed E-state index contributed by atoms with van der Waals surface area (Å²) in [6, 6.07) is 13.1. The van der Waals surface area contributed by atoms with E-state index in [-0.39, 0.29) is 34.9 Å². The predicted octanol–water partition coefficient (Wildman–Crippen LogP) is 7.90. The molecular formula is C33H31Cl2F3N4O8. The fourth-order valence-corrected chi connectivity index (χ4v) is 4.79. The highest BCUT2D eigenvalue weighted by atomic mass is 35.5. The highest BCUT2D eigenvalue weighted by Gasteiger charge is 2.31. The minimum atomic E-state index is -4.61. The van der Waals surface area contributed by atoms with Crippen LogP contribution in [0.25, 0.3) is 0 Å². The van der Waals surface area contributed by atoms with Crippen LogP contribution in [0.2, 0.25) is 5.02 Å². The quantitative estimate of drug-likeness (QED) is 0.0649. The van der Waals surface area contributed by atoms with E-state index in [9.17, 15) is 37.7 Å². The minimum Gasteiger partial charge on any atom is -0.463 e. The van der Waals surface area contributed by atoms with E-state index < -0.39 is 46.0 Å². The molecule has 0 saturated carbocycles. The summed E-state index contributed by atoms with van der Waals surface area (Å²) in [6.45, 7) is 7.15. The summed E-state index contributed by atoms with van der Waals surface area (Å²) in [7, 11) is 0. The van der Waals surface area contributed by atoms with Crippen LogP contribution in [0.4, 0.5) is 24.5 Å². The molecule has 0 spiro atoms. The van der Waals surface area contributed by atoms with Gasteiger partial charge in [0.1, 0.15) is 29.6 Å². The number of carbonyl (C=O) groups excluding carboxylic acids is 3. The zero-order chi connectivity index (χ0) is 37.2. The largest absolute Gasteiger partial charge is 0.463 e. The number of para-hydroxylation sites is 1. The lowest BCUT2D eigenvalue weighted by Gasteiger charge is -2.25. The first-order valence-corrected chi connectivity index (χ1v) is 15.6. The van der Waals surface area contributed by atoms with Crippen LogP contribution < -0.4 is 9.64 Å². The number of ether oxygens (including phenoxy) is 3. The summed E-state index contributed by atoms with van der Waals surface area (Å²) in [5, 5.41) is 15.0. The summed E-state index contributed by atoms with van der Waals surface area (Å²) < 4.78 is 54.9. The zero-order valence-corrected chi connectivity index (χ0v) is 28.6. The van der Waals surface area contributed by atoms with Crippen LogP contribution in [0.5, 0.6) is 11.5 Å². The number of nitrogens with zero attached hydrogens (tertiary/aromatic N) is 4. The summed E-state index contributed by atoms with van der Waals surface area (Å²) in [4.78, 5) is 48.2. The Balaban J connectivity index is 0.000000303. The molecule has 0 bridgehead atoms.